The second kappa shape index (κ2) is 6.20. The highest BCUT2D eigenvalue weighted by Gasteiger charge is 2.19. The van der Waals surface area contributed by atoms with Gasteiger partial charge in [-0.2, -0.15) is 0 Å². The average Bonchev–Trinajstić information content (AvgIpc) is 2.45. The van der Waals surface area contributed by atoms with E-state index in [0.717, 1.165) is 18.5 Å². The van der Waals surface area contributed by atoms with Crippen molar-refractivity contribution >= 4 is 11.6 Å². The number of nitrogens with two attached hydrogens (primary N) is 1. The standard InChI is InChI=1S/C16H24N2O/c1-12(9-10-17)16(19)18(2)15-8-7-13-5-3-4-6-14(13)11-15/h7-8,11-12H,3-6,9-10,17H2,1-2H3. The van der Waals surface area contributed by atoms with Crippen LogP contribution in [0.5, 0.6) is 0 Å². The van der Waals surface area contributed by atoms with Crippen molar-refractivity contribution in [3.8, 4) is 0 Å². The monoisotopic (exact) mass is 260 g/mol. The minimum Gasteiger partial charge on any atom is -0.330 e. The molecule has 1 aliphatic carbocycles. The van der Waals surface area contributed by atoms with E-state index in [2.05, 4.69) is 18.2 Å². The van der Waals surface area contributed by atoms with E-state index in [9.17, 15) is 4.79 Å². The second-order valence-corrected chi connectivity index (χ2v) is 5.54. The van der Waals surface area contributed by atoms with Gasteiger partial charge < -0.3 is 10.6 Å². The smallest absolute Gasteiger partial charge is 0.229 e. The van der Waals surface area contributed by atoms with Crippen LogP contribution in [-0.2, 0) is 17.6 Å². The van der Waals surface area contributed by atoms with E-state index >= 15 is 0 Å². The summed E-state index contributed by atoms with van der Waals surface area (Å²) in [5, 5.41) is 0. The topological polar surface area (TPSA) is 46.3 Å². The van der Waals surface area contributed by atoms with Crippen molar-refractivity contribution in [2.45, 2.75) is 39.0 Å². The van der Waals surface area contributed by atoms with Crippen molar-refractivity contribution in [1.82, 2.24) is 0 Å². The Hall–Kier alpha value is -1.35. The largest absolute Gasteiger partial charge is 0.330 e. The van der Waals surface area contributed by atoms with E-state index in [1.54, 1.807) is 4.90 Å². The lowest BCUT2D eigenvalue weighted by Gasteiger charge is -2.24. The molecule has 1 unspecified atom stereocenters. The number of fused-ring (bicyclic) bond motifs is 1. The summed E-state index contributed by atoms with van der Waals surface area (Å²) in [4.78, 5) is 14.0. The van der Waals surface area contributed by atoms with Gasteiger partial charge in [0.05, 0.1) is 0 Å². The van der Waals surface area contributed by atoms with Gasteiger partial charge in [0.25, 0.3) is 0 Å². The number of carbonyl (C=O) groups is 1. The summed E-state index contributed by atoms with van der Waals surface area (Å²) in [6.45, 7) is 2.51. The number of benzene rings is 1. The van der Waals surface area contributed by atoms with Crippen molar-refractivity contribution in [3.63, 3.8) is 0 Å². The van der Waals surface area contributed by atoms with Crippen molar-refractivity contribution in [1.29, 1.82) is 0 Å². The molecule has 1 aromatic carbocycles. The van der Waals surface area contributed by atoms with Crippen molar-refractivity contribution in [3.05, 3.63) is 29.3 Å². The molecule has 0 aliphatic heterocycles. The molecule has 0 saturated carbocycles. The lowest BCUT2D eigenvalue weighted by atomic mass is 9.91. The number of rotatable bonds is 4. The van der Waals surface area contributed by atoms with Crippen LogP contribution in [0.15, 0.2) is 18.2 Å². The Bertz CT molecular complexity index is 456. The molecule has 3 heteroatoms. The molecule has 0 spiro atoms. The molecule has 104 valence electrons. The number of hydrogen-bond donors (Lipinski definition) is 1. The third kappa shape index (κ3) is 3.16. The normalized spacial score (nSPS) is 15.7. The zero-order valence-electron chi connectivity index (χ0n) is 12.0. The van der Waals surface area contributed by atoms with E-state index in [1.165, 1.54) is 30.4 Å². The van der Waals surface area contributed by atoms with Gasteiger partial charge in [-0.1, -0.05) is 13.0 Å². The van der Waals surface area contributed by atoms with Gasteiger partial charge in [0.15, 0.2) is 0 Å². The van der Waals surface area contributed by atoms with Gasteiger partial charge in [-0.15, -0.1) is 0 Å². The summed E-state index contributed by atoms with van der Waals surface area (Å²) in [6, 6.07) is 6.43. The maximum Gasteiger partial charge on any atom is 0.229 e. The third-order valence-electron chi connectivity index (χ3n) is 4.07. The van der Waals surface area contributed by atoms with E-state index in [4.69, 9.17) is 5.73 Å². The van der Waals surface area contributed by atoms with E-state index < -0.39 is 0 Å². The molecule has 2 N–H and O–H groups in total. The molecule has 19 heavy (non-hydrogen) atoms. The summed E-state index contributed by atoms with van der Waals surface area (Å²) in [6.07, 6.45) is 5.61. The van der Waals surface area contributed by atoms with E-state index in [0.29, 0.717) is 6.54 Å². The summed E-state index contributed by atoms with van der Waals surface area (Å²) in [5.41, 5.74) is 9.40. The first-order valence-corrected chi connectivity index (χ1v) is 7.23. The molecule has 2 rings (SSSR count). The molecule has 3 nitrogen and oxygen atoms in total. The number of hydrogen-bond acceptors (Lipinski definition) is 2. The number of nitrogens with zero attached hydrogens (tertiary/aromatic N) is 1. The molecule has 1 atom stereocenters. The predicted molar refractivity (Wildman–Crippen MR) is 79.3 cm³/mol. The first-order chi connectivity index (χ1) is 9.13. The molecule has 0 bridgehead atoms. The minimum atomic E-state index is -0.00830. The van der Waals surface area contributed by atoms with Crippen LogP contribution in [0.25, 0.3) is 0 Å². The van der Waals surface area contributed by atoms with Crippen molar-refractivity contribution in [2.24, 2.45) is 11.7 Å². The van der Waals surface area contributed by atoms with Gasteiger partial charge in [0, 0.05) is 18.7 Å². The molecule has 1 amide bonds. The van der Waals surface area contributed by atoms with Crippen molar-refractivity contribution < 1.29 is 4.79 Å². The van der Waals surface area contributed by atoms with Crippen LogP contribution in [0.1, 0.15) is 37.3 Å². The molecule has 1 aliphatic rings. The Morgan fingerprint density at radius 1 is 1.32 bits per heavy atom. The Morgan fingerprint density at radius 2 is 2.00 bits per heavy atom. The predicted octanol–water partition coefficient (Wildman–Crippen LogP) is 2.51. The van der Waals surface area contributed by atoms with Gasteiger partial charge in [-0.25, -0.2) is 0 Å². The van der Waals surface area contributed by atoms with Gasteiger partial charge in [0.2, 0.25) is 5.91 Å². The maximum absolute atomic E-state index is 12.3. The van der Waals surface area contributed by atoms with Gasteiger partial charge >= 0.3 is 0 Å². The average molecular weight is 260 g/mol. The van der Waals surface area contributed by atoms with Crippen molar-refractivity contribution in [2.75, 3.05) is 18.5 Å². The Balaban J connectivity index is 2.15. The molecular formula is C16H24N2O. The molecule has 0 fully saturated rings. The SMILES string of the molecule is CC(CCN)C(=O)N(C)c1ccc2c(c1)CCCC2. The Kier molecular flexibility index (Phi) is 4.59. The summed E-state index contributed by atoms with van der Waals surface area (Å²) in [5.74, 6) is 0.146. The molecule has 0 heterocycles. The number of anilines is 1. The number of amides is 1. The van der Waals surface area contributed by atoms with E-state index in [1.807, 2.05) is 14.0 Å². The highest BCUT2D eigenvalue weighted by Crippen LogP contribution is 2.26. The van der Waals surface area contributed by atoms with Crippen LogP contribution in [0.3, 0.4) is 0 Å². The van der Waals surface area contributed by atoms with Crippen LogP contribution in [-0.4, -0.2) is 19.5 Å². The summed E-state index contributed by atoms with van der Waals surface area (Å²) < 4.78 is 0. The fraction of sp³-hybridized carbons (Fsp3) is 0.562. The van der Waals surface area contributed by atoms with E-state index in [-0.39, 0.29) is 11.8 Å². The number of aryl methyl sites for hydroxylation is 2. The zero-order valence-corrected chi connectivity index (χ0v) is 12.0. The first-order valence-electron chi connectivity index (χ1n) is 7.23. The van der Waals surface area contributed by atoms with Crippen LogP contribution in [0.2, 0.25) is 0 Å². The van der Waals surface area contributed by atoms with Gasteiger partial charge in [-0.3, -0.25) is 4.79 Å². The molecular weight excluding hydrogens is 236 g/mol. The highest BCUT2D eigenvalue weighted by atomic mass is 16.2. The Labute approximate surface area is 115 Å². The fourth-order valence-electron chi connectivity index (χ4n) is 2.76. The van der Waals surface area contributed by atoms with Crippen LogP contribution >= 0.6 is 0 Å². The highest BCUT2D eigenvalue weighted by molar-refractivity contribution is 5.94. The van der Waals surface area contributed by atoms with Crippen LogP contribution in [0, 0.1) is 5.92 Å². The summed E-state index contributed by atoms with van der Waals surface area (Å²) >= 11 is 0. The lowest BCUT2D eigenvalue weighted by Crippen LogP contribution is -2.32. The zero-order chi connectivity index (χ0) is 13.8. The van der Waals surface area contributed by atoms with Gasteiger partial charge in [-0.05, 0) is 61.9 Å². The molecule has 0 radical (unpaired) electrons. The second-order valence-electron chi connectivity index (χ2n) is 5.54. The minimum absolute atomic E-state index is 0.00830. The number of carbonyl (C=O) groups excluding carboxylic acids is 1. The fourth-order valence-corrected chi connectivity index (χ4v) is 2.76. The lowest BCUT2D eigenvalue weighted by molar-refractivity contribution is -0.121. The molecule has 0 saturated heterocycles. The maximum atomic E-state index is 12.3. The quantitative estimate of drug-likeness (QED) is 0.904. The Morgan fingerprint density at radius 3 is 2.68 bits per heavy atom. The first kappa shape index (κ1) is 14.1. The molecule has 0 aromatic heterocycles. The van der Waals surface area contributed by atoms with Crippen LogP contribution < -0.4 is 10.6 Å². The van der Waals surface area contributed by atoms with Crippen LogP contribution in [0.4, 0.5) is 5.69 Å². The summed E-state index contributed by atoms with van der Waals surface area (Å²) in [7, 11) is 1.86. The van der Waals surface area contributed by atoms with Gasteiger partial charge in [0.1, 0.15) is 0 Å². The third-order valence-corrected chi connectivity index (χ3v) is 4.07. The molecule has 1 aromatic rings.